The lowest BCUT2D eigenvalue weighted by molar-refractivity contribution is -0.135. The van der Waals surface area contributed by atoms with Gasteiger partial charge in [-0.2, -0.15) is 0 Å². The maximum atomic E-state index is 12.4. The van der Waals surface area contributed by atoms with Gasteiger partial charge in [-0.05, 0) is 32.6 Å². The Morgan fingerprint density at radius 1 is 1.29 bits per heavy atom. The molecule has 4 heteroatoms. The molecule has 3 rings (SSSR count). The van der Waals surface area contributed by atoms with Crippen molar-refractivity contribution in [2.75, 3.05) is 19.7 Å². The third kappa shape index (κ3) is 2.33. The van der Waals surface area contributed by atoms with Crippen molar-refractivity contribution in [3.63, 3.8) is 0 Å². The first kappa shape index (κ1) is 11.5. The minimum absolute atomic E-state index is 0.113. The first-order valence-electron chi connectivity index (χ1n) is 6.89. The average molecular weight is 238 g/mol. The van der Waals surface area contributed by atoms with Crippen LogP contribution in [0.1, 0.15) is 32.6 Å². The molecule has 0 radical (unpaired) electrons. The van der Waals surface area contributed by atoms with E-state index >= 15 is 0 Å². The second-order valence-electron chi connectivity index (χ2n) is 5.79. The van der Waals surface area contributed by atoms with Crippen LogP contribution in [0.4, 0.5) is 0 Å². The highest BCUT2D eigenvalue weighted by Gasteiger charge is 2.36. The first-order chi connectivity index (χ1) is 8.22. The quantitative estimate of drug-likeness (QED) is 0.733. The molecule has 2 bridgehead atoms. The van der Waals surface area contributed by atoms with Crippen LogP contribution in [0.5, 0.6) is 0 Å². The number of fused-ring (bicyclic) bond motifs is 2. The molecule has 3 aliphatic rings. The van der Waals surface area contributed by atoms with Gasteiger partial charge in [-0.15, -0.1) is 0 Å². The highest BCUT2D eigenvalue weighted by atomic mass is 16.5. The average Bonchev–Trinajstić information content (AvgIpc) is 2.84. The Morgan fingerprint density at radius 3 is 2.88 bits per heavy atom. The third-order valence-electron chi connectivity index (χ3n) is 4.38. The summed E-state index contributed by atoms with van der Waals surface area (Å²) in [7, 11) is 0. The highest BCUT2D eigenvalue weighted by Crippen LogP contribution is 2.25. The van der Waals surface area contributed by atoms with E-state index < -0.39 is 0 Å². The summed E-state index contributed by atoms with van der Waals surface area (Å²) in [5.41, 5.74) is 0. The molecular weight excluding hydrogens is 216 g/mol. The molecule has 0 saturated carbocycles. The molecule has 4 unspecified atom stereocenters. The van der Waals surface area contributed by atoms with Gasteiger partial charge in [0.05, 0.1) is 18.6 Å². The number of hydrogen-bond donors (Lipinski definition) is 1. The van der Waals surface area contributed by atoms with E-state index in [1.807, 2.05) is 0 Å². The van der Waals surface area contributed by atoms with E-state index in [-0.39, 0.29) is 12.0 Å². The molecule has 1 amide bonds. The Balaban J connectivity index is 1.62. The van der Waals surface area contributed by atoms with Gasteiger partial charge in [0.15, 0.2) is 0 Å². The molecule has 3 fully saturated rings. The van der Waals surface area contributed by atoms with Crippen molar-refractivity contribution in [3.8, 4) is 0 Å². The number of nitrogens with one attached hydrogen (secondary N) is 1. The van der Waals surface area contributed by atoms with Crippen molar-refractivity contribution in [2.45, 2.75) is 50.8 Å². The number of nitrogens with zero attached hydrogens (tertiary/aromatic N) is 1. The molecule has 1 N–H and O–H groups in total. The molecule has 96 valence electrons. The van der Waals surface area contributed by atoms with E-state index in [4.69, 9.17) is 4.74 Å². The monoisotopic (exact) mass is 238 g/mol. The lowest BCUT2D eigenvalue weighted by Crippen LogP contribution is -2.42. The summed E-state index contributed by atoms with van der Waals surface area (Å²) in [6.45, 7) is 4.51. The minimum atomic E-state index is 0.113. The summed E-state index contributed by atoms with van der Waals surface area (Å²) >= 11 is 0. The molecule has 4 atom stereocenters. The van der Waals surface area contributed by atoms with E-state index in [1.165, 1.54) is 12.8 Å². The number of carbonyl (C=O) groups is 1. The first-order valence-corrected chi connectivity index (χ1v) is 6.89. The number of amides is 1. The number of ether oxygens (including phenoxy) is 1. The van der Waals surface area contributed by atoms with Gasteiger partial charge in [0, 0.05) is 25.2 Å². The zero-order valence-electron chi connectivity index (χ0n) is 10.5. The molecule has 4 nitrogen and oxygen atoms in total. The van der Waals surface area contributed by atoms with Crippen LogP contribution in [0.25, 0.3) is 0 Å². The fourth-order valence-corrected chi connectivity index (χ4v) is 3.39. The van der Waals surface area contributed by atoms with Crippen molar-refractivity contribution >= 4 is 5.91 Å². The molecule has 0 aliphatic carbocycles. The van der Waals surface area contributed by atoms with Gasteiger partial charge in [-0.25, -0.2) is 0 Å². The lowest BCUT2D eigenvalue weighted by Gasteiger charge is -2.26. The van der Waals surface area contributed by atoms with E-state index in [0.717, 1.165) is 25.9 Å². The van der Waals surface area contributed by atoms with Crippen molar-refractivity contribution < 1.29 is 9.53 Å². The maximum Gasteiger partial charge on any atom is 0.228 e. The Hall–Kier alpha value is -0.610. The summed E-state index contributed by atoms with van der Waals surface area (Å²) in [5, 5.41) is 3.61. The van der Waals surface area contributed by atoms with Crippen LogP contribution in [-0.4, -0.2) is 48.7 Å². The molecule has 3 saturated heterocycles. The standard InChI is InChI=1S/C13H22N2O2/c1-9-6-10(8-17-9)13(16)15-5-4-11-2-3-12(7-15)14-11/h9-12,14H,2-8H2,1H3. The molecule has 0 aromatic heterocycles. The SMILES string of the molecule is CC1CC(C(=O)N2CCC3CCC(C2)N3)CO1. The second-order valence-corrected chi connectivity index (χ2v) is 5.79. The number of rotatable bonds is 1. The van der Waals surface area contributed by atoms with Crippen LogP contribution in [0.15, 0.2) is 0 Å². The summed E-state index contributed by atoms with van der Waals surface area (Å²) < 4.78 is 5.51. The molecule has 0 aromatic rings. The van der Waals surface area contributed by atoms with Crippen LogP contribution >= 0.6 is 0 Å². The van der Waals surface area contributed by atoms with Gasteiger partial charge in [-0.3, -0.25) is 4.79 Å². The van der Waals surface area contributed by atoms with Crippen molar-refractivity contribution in [1.29, 1.82) is 0 Å². The molecular formula is C13H22N2O2. The Bertz CT molecular complexity index is 308. The summed E-state index contributed by atoms with van der Waals surface area (Å²) in [6, 6.07) is 1.18. The van der Waals surface area contributed by atoms with Gasteiger partial charge in [-0.1, -0.05) is 0 Å². The maximum absolute atomic E-state index is 12.4. The van der Waals surface area contributed by atoms with Crippen LogP contribution in [0, 0.1) is 5.92 Å². The molecule has 17 heavy (non-hydrogen) atoms. The van der Waals surface area contributed by atoms with Crippen LogP contribution < -0.4 is 5.32 Å². The van der Waals surface area contributed by atoms with Gasteiger partial charge in [0.2, 0.25) is 5.91 Å². The molecule has 3 heterocycles. The zero-order chi connectivity index (χ0) is 11.8. The fourth-order valence-electron chi connectivity index (χ4n) is 3.39. The fraction of sp³-hybridized carbons (Fsp3) is 0.923. The van der Waals surface area contributed by atoms with Crippen molar-refractivity contribution in [3.05, 3.63) is 0 Å². The van der Waals surface area contributed by atoms with E-state index in [2.05, 4.69) is 17.1 Å². The van der Waals surface area contributed by atoms with Crippen LogP contribution in [-0.2, 0) is 9.53 Å². The Morgan fingerprint density at radius 2 is 2.12 bits per heavy atom. The summed E-state index contributed by atoms with van der Waals surface area (Å²) in [5.74, 6) is 0.435. The van der Waals surface area contributed by atoms with E-state index in [0.29, 0.717) is 24.6 Å². The molecule has 3 aliphatic heterocycles. The predicted molar refractivity (Wildman–Crippen MR) is 64.7 cm³/mol. The summed E-state index contributed by atoms with van der Waals surface area (Å²) in [4.78, 5) is 14.5. The lowest BCUT2D eigenvalue weighted by atomic mass is 10.0. The predicted octanol–water partition coefficient (Wildman–Crippen LogP) is 0.764. The third-order valence-corrected chi connectivity index (χ3v) is 4.38. The van der Waals surface area contributed by atoms with Gasteiger partial charge < -0.3 is 15.0 Å². The largest absolute Gasteiger partial charge is 0.378 e. The molecule has 0 spiro atoms. The van der Waals surface area contributed by atoms with E-state index in [1.54, 1.807) is 0 Å². The van der Waals surface area contributed by atoms with Crippen LogP contribution in [0.3, 0.4) is 0 Å². The second kappa shape index (κ2) is 4.58. The van der Waals surface area contributed by atoms with Gasteiger partial charge in [0.1, 0.15) is 0 Å². The van der Waals surface area contributed by atoms with Gasteiger partial charge >= 0.3 is 0 Å². The van der Waals surface area contributed by atoms with Crippen molar-refractivity contribution in [1.82, 2.24) is 10.2 Å². The minimum Gasteiger partial charge on any atom is -0.378 e. The smallest absolute Gasteiger partial charge is 0.228 e. The van der Waals surface area contributed by atoms with Gasteiger partial charge in [0.25, 0.3) is 0 Å². The normalized spacial score (nSPS) is 41.6. The van der Waals surface area contributed by atoms with E-state index in [9.17, 15) is 4.79 Å². The number of hydrogen-bond acceptors (Lipinski definition) is 3. The Labute approximate surface area is 103 Å². The zero-order valence-corrected chi connectivity index (χ0v) is 10.5. The summed E-state index contributed by atoms with van der Waals surface area (Å²) in [6.07, 6.45) is 4.79. The Kier molecular flexibility index (Phi) is 3.09. The van der Waals surface area contributed by atoms with Crippen LogP contribution in [0.2, 0.25) is 0 Å². The van der Waals surface area contributed by atoms with Crippen molar-refractivity contribution in [2.24, 2.45) is 5.92 Å². The number of likely N-dealkylation sites (tertiary alicyclic amines) is 1. The molecule has 0 aromatic carbocycles. The number of carbonyl (C=O) groups excluding carboxylic acids is 1. The highest BCUT2D eigenvalue weighted by molar-refractivity contribution is 5.79. The topological polar surface area (TPSA) is 41.6 Å².